The summed E-state index contributed by atoms with van der Waals surface area (Å²) >= 11 is 0. The summed E-state index contributed by atoms with van der Waals surface area (Å²) in [7, 11) is 0. The summed E-state index contributed by atoms with van der Waals surface area (Å²) in [5.41, 5.74) is 2.85. The number of imide groups is 1. The van der Waals surface area contributed by atoms with E-state index >= 15 is 0 Å². The number of aryl methyl sites for hydroxylation is 1. The minimum absolute atomic E-state index is 0.0360. The molecule has 2 aromatic rings. The number of aliphatic hydroxyl groups is 2. The average Bonchev–Trinajstić information content (AvgIpc) is 3.30. The van der Waals surface area contributed by atoms with E-state index in [0.29, 0.717) is 23.4 Å². The zero-order valence-electron chi connectivity index (χ0n) is 24.4. The van der Waals surface area contributed by atoms with Crippen LogP contribution in [0.25, 0.3) is 0 Å². The predicted octanol–water partition coefficient (Wildman–Crippen LogP) is 3.64. The van der Waals surface area contributed by atoms with Crippen LogP contribution in [0, 0.1) is 0 Å². The number of carboxylic acids is 1. The lowest BCUT2D eigenvalue weighted by Crippen LogP contribution is -2.30. The van der Waals surface area contributed by atoms with Crippen molar-refractivity contribution < 1.29 is 39.5 Å². The minimum Gasteiger partial charge on any atom is -0.508 e. The van der Waals surface area contributed by atoms with Gasteiger partial charge in [-0.05, 0) is 74.0 Å². The van der Waals surface area contributed by atoms with Crippen molar-refractivity contribution in [1.29, 1.82) is 0 Å². The number of amides is 3. The van der Waals surface area contributed by atoms with Gasteiger partial charge in [-0.25, -0.2) is 9.69 Å². The Bertz CT molecular complexity index is 1110. The summed E-state index contributed by atoms with van der Waals surface area (Å²) in [6, 6.07) is 12.0. The number of unbranched alkanes of at least 4 members (excludes halogenated alkanes) is 5. The second-order valence-electron chi connectivity index (χ2n) is 10.2. The number of nitrogens with one attached hydrogen (secondary N) is 2. The van der Waals surface area contributed by atoms with Crippen LogP contribution in [0.2, 0.25) is 0 Å². The topological polar surface area (TPSA) is 169 Å². The Morgan fingerprint density at radius 3 is 2.38 bits per heavy atom. The van der Waals surface area contributed by atoms with Crippen LogP contribution in [0.4, 0.5) is 10.5 Å². The number of anilines is 1. The van der Waals surface area contributed by atoms with Crippen molar-refractivity contribution in [2.45, 2.75) is 71.0 Å². The molecule has 42 heavy (non-hydrogen) atoms. The number of carboxylic acid groups (broad SMARTS) is 1. The Labute approximate surface area is 247 Å². The number of hydrogen-bond acceptors (Lipinski definition) is 8. The quantitative estimate of drug-likeness (QED) is 0.113. The number of hydrogen-bond donors (Lipinski definition) is 6. The summed E-state index contributed by atoms with van der Waals surface area (Å²) in [5, 5.41) is 42.3. The van der Waals surface area contributed by atoms with Gasteiger partial charge in [-0.2, -0.15) is 0 Å². The number of urea groups is 1. The van der Waals surface area contributed by atoms with E-state index in [1.807, 2.05) is 18.2 Å². The molecule has 0 radical (unpaired) electrons. The second-order valence-corrected chi connectivity index (χ2v) is 10.2. The fraction of sp³-hybridized carbons (Fsp3) is 0.516. The maximum Gasteiger partial charge on any atom is 0.329 e. The second kappa shape index (κ2) is 19.6. The van der Waals surface area contributed by atoms with Gasteiger partial charge in [-0.3, -0.25) is 9.59 Å². The fourth-order valence-electron chi connectivity index (χ4n) is 4.45. The Balaban J connectivity index is 0.00000144. The Morgan fingerprint density at radius 2 is 1.71 bits per heavy atom. The van der Waals surface area contributed by atoms with Gasteiger partial charge in [0, 0.05) is 32.2 Å². The molecular formula is C31H45N3O8. The third-order valence-corrected chi connectivity index (χ3v) is 6.65. The number of benzene rings is 2. The zero-order valence-corrected chi connectivity index (χ0v) is 24.4. The molecule has 1 atom stereocenters. The van der Waals surface area contributed by atoms with Crippen LogP contribution in [0.5, 0.6) is 5.75 Å². The molecule has 3 amide bonds. The predicted molar refractivity (Wildman–Crippen MR) is 159 cm³/mol. The number of aliphatic carboxylic acids is 1. The molecule has 1 aliphatic heterocycles. The molecule has 2 aromatic carbocycles. The summed E-state index contributed by atoms with van der Waals surface area (Å²) in [5.74, 6) is -1.02. The minimum atomic E-state index is -0.833. The molecule has 1 fully saturated rings. The first kappa shape index (κ1) is 34.7. The van der Waals surface area contributed by atoms with E-state index in [1.54, 1.807) is 18.2 Å². The number of nitrogens with zero attached hydrogens (tertiary/aromatic N) is 1. The van der Waals surface area contributed by atoms with Gasteiger partial charge in [0.05, 0.1) is 24.9 Å². The molecule has 0 aromatic heterocycles. The van der Waals surface area contributed by atoms with Crippen LogP contribution in [0.3, 0.4) is 0 Å². The first-order chi connectivity index (χ1) is 20.2. The van der Waals surface area contributed by atoms with Crippen molar-refractivity contribution in [2.24, 2.45) is 0 Å². The molecule has 232 valence electrons. The fourth-order valence-corrected chi connectivity index (χ4v) is 4.45. The molecule has 1 aliphatic rings. The standard InChI is InChI=1S/C29H41N3O6.C2H4O2/c33-21-24-18-23(12-13-26(24)34)27(35)19-30-14-5-1-2-6-15-38-16-7-3-4-9-22-10-8-11-25(17-22)32-28(36)20-31-29(32)37;1-2(3)4/h8,10-13,17-18,27,30,33-35H,1-7,9,14-16,19-21H2,(H,31,37);1H3,(H,3,4)/t27-;/m0./s1. The SMILES string of the molecule is CC(=O)O.O=C1CNC(=O)N1c1cccc(CCCCCOCCCCCCNC[C@H](O)c2ccc(O)c(CO)c2)c1. The van der Waals surface area contributed by atoms with E-state index in [4.69, 9.17) is 14.6 Å². The number of carbonyl (C=O) groups is 3. The van der Waals surface area contributed by atoms with Crippen molar-refractivity contribution in [3.63, 3.8) is 0 Å². The van der Waals surface area contributed by atoms with E-state index in [1.165, 1.54) is 11.0 Å². The molecule has 0 spiro atoms. The third-order valence-electron chi connectivity index (χ3n) is 6.65. The molecule has 3 rings (SSSR count). The highest BCUT2D eigenvalue weighted by molar-refractivity contribution is 6.19. The van der Waals surface area contributed by atoms with Gasteiger partial charge in [-0.15, -0.1) is 0 Å². The summed E-state index contributed by atoms with van der Waals surface area (Å²) in [4.78, 5) is 33.9. The molecule has 11 heteroatoms. The lowest BCUT2D eigenvalue weighted by Gasteiger charge is -2.14. The van der Waals surface area contributed by atoms with E-state index in [9.17, 15) is 24.9 Å². The molecular weight excluding hydrogens is 542 g/mol. The van der Waals surface area contributed by atoms with Crippen LogP contribution in [0.1, 0.15) is 74.7 Å². The molecule has 0 bridgehead atoms. The first-order valence-corrected chi connectivity index (χ1v) is 14.5. The highest BCUT2D eigenvalue weighted by Crippen LogP contribution is 2.22. The highest BCUT2D eigenvalue weighted by Gasteiger charge is 2.29. The monoisotopic (exact) mass is 587 g/mol. The van der Waals surface area contributed by atoms with Crippen LogP contribution in [-0.2, 0) is 27.4 Å². The van der Waals surface area contributed by atoms with Crippen LogP contribution in [0.15, 0.2) is 42.5 Å². The Morgan fingerprint density at radius 1 is 1.02 bits per heavy atom. The zero-order chi connectivity index (χ0) is 30.7. The first-order valence-electron chi connectivity index (χ1n) is 14.5. The Kier molecular flexibility index (Phi) is 16.2. The molecule has 0 aliphatic carbocycles. The van der Waals surface area contributed by atoms with Crippen molar-refractivity contribution in [2.75, 3.05) is 37.7 Å². The van der Waals surface area contributed by atoms with Gasteiger partial charge in [0.2, 0.25) is 0 Å². The normalized spacial score (nSPS) is 13.5. The highest BCUT2D eigenvalue weighted by atomic mass is 16.5. The Hall–Kier alpha value is -3.51. The largest absolute Gasteiger partial charge is 0.508 e. The van der Waals surface area contributed by atoms with Gasteiger partial charge in [0.1, 0.15) is 5.75 Å². The maximum absolute atomic E-state index is 11.9. The van der Waals surface area contributed by atoms with Gasteiger partial charge in [0.25, 0.3) is 11.9 Å². The van der Waals surface area contributed by atoms with Crippen molar-refractivity contribution in [3.05, 3.63) is 59.2 Å². The van der Waals surface area contributed by atoms with E-state index in [0.717, 1.165) is 83.6 Å². The van der Waals surface area contributed by atoms with Crippen LogP contribution in [-0.4, -0.2) is 71.2 Å². The molecule has 1 saturated heterocycles. The van der Waals surface area contributed by atoms with Crippen molar-refractivity contribution >= 4 is 23.6 Å². The number of phenols is 1. The average molecular weight is 588 g/mol. The number of aliphatic hydroxyl groups excluding tert-OH is 2. The summed E-state index contributed by atoms with van der Waals surface area (Å²) in [6.45, 7) is 3.67. The molecule has 0 saturated carbocycles. The van der Waals surface area contributed by atoms with Gasteiger partial charge >= 0.3 is 6.03 Å². The van der Waals surface area contributed by atoms with Crippen LogP contribution < -0.4 is 15.5 Å². The third kappa shape index (κ3) is 13.0. The molecule has 1 heterocycles. The van der Waals surface area contributed by atoms with Gasteiger partial charge in [-0.1, -0.05) is 37.5 Å². The van der Waals surface area contributed by atoms with E-state index in [-0.39, 0.29) is 30.8 Å². The summed E-state index contributed by atoms with van der Waals surface area (Å²) in [6.07, 6.45) is 7.61. The maximum atomic E-state index is 11.9. The van der Waals surface area contributed by atoms with Crippen molar-refractivity contribution in [3.8, 4) is 5.75 Å². The molecule has 11 nitrogen and oxygen atoms in total. The van der Waals surface area contributed by atoms with Gasteiger partial charge < -0.3 is 35.8 Å². The van der Waals surface area contributed by atoms with Gasteiger partial charge in [0.15, 0.2) is 0 Å². The lowest BCUT2D eigenvalue weighted by molar-refractivity contribution is -0.134. The number of aromatic hydroxyl groups is 1. The molecule has 6 N–H and O–H groups in total. The molecule has 0 unspecified atom stereocenters. The van der Waals surface area contributed by atoms with Crippen LogP contribution >= 0.6 is 0 Å². The van der Waals surface area contributed by atoms with E-state index in [2.05, 4.69) is 10.6 Å². The summed E-state index contributed by atoms with van der Waals surface area (Å²) < 4.78 is 5.76. The van der Waals surface area contributed by atoms with Crippen molar-refractivity contribution in [1.82, 2.24) is 10.6 Å². The number of carbonyl (C=O) groups excluding carboxylic acids is 2. The number of ether oxygens (including phenoxy) is 1. The lowest BCUT2D eigenvalue weighted by atomic mass is 10.1. The smallest absolute Gasteiger partial charge is 0.329 e. The van der Waals surface area contributed by atoms with E-state index < -0.39 is 12.1 Å². The number of rotatable bonds is 18.